The number of carbonyl (C=O) groups excluding carboxylic acids is 1. The number of methoxy groups -OCH3 is 1. The van der Waals surface area contributed by atoms with Gasteiger partial charge in [0.1, 0.15) is 5.75 Å². The average Bonchev–Trinajstić information content (AvgIpc) is 2.92. The maximum Gasteiger partial charge on any atom is 0.196 e. The Bertz CT molecular complexity index is 905. The van der Waals surface area contributed by atoms with Crippen LogP contribution in [0, 0.1) is 3.57 Å². The highest BCUT2D eigenvalue weighted by atomic mass is 127. The van der Waals surface area contributed by atoms with Crippen molar-refractivity contribution < 1.29 is 9.53 Å². The number of rotatable bonds is 4. The van der Waals surface area contributed by atoms with Crippen molar-refractivity contribution in [3.8, 4) is 5.75 Å². The summed E-state index contributed by atoms with van der Waals surface area (Å²) in [5.74, 6) is 0.798. The van der Waals surface area contributed by atoms with Crippen molar-refractivity contribution in [3.63, 3.8) is 0 Å². The first kappa shape index (κ1) is 16.6. The summed E-state index contributed by atoms with van der Waals surface area (Å²) in [5, 5.41) is 0. The average molecular weight is 446 g/mol. The molecule has 0 aromatic heterocycles. The number of benzene rings is 2. The van der Waals surface area contributed by atoms with Gasteiger partial charge in [0, 0.05) is 27.8 Å². The predicted octanol–water partition coefficient (Wildman–Crippen LogP) is 3.53. The van der Waals surface area contributed by atoms with E-state index < -0.39 is 0 Å². The molecule has 2 N–H and O–H groups in total. The molecule has 0 saturated heterocycles. The minimum Gasteiger partial charge on any atom is -0.497 e. The van der Waals surface area contributed by atoms with E-state index in [1.165, 1.54) is 9.13 Å². The van der Waals surface area contributed by atoms with Crippen LogP contribution >= 0.6 is 22.6 Å². The van der Waals surface area contributed by atoms with E-state index >= 15 is 0 Å². The van der Waals surface area contributed by atoms with Crippen LogP contribution in [0.2, 0.25) is 0 Å². The molecule has 2 aromatic rings. The molecule has 4 rings (SSSR count). The van der Waals surface area contributed by atoms with Gasteiger partial charge in [0.2, 0.25) is 0 Å². The van der Waals surface area contributed by atoms with Gasteiger partial charge in [-0.3, -0.25) is 4.79 Å². The lowest BCUT2D eigenvalue weighted by atomic mass is 9.93. The maximum absolute atomic E-state index is 13.2. The highest BCUT2D eigenvalue weighted by Crippen LogP contribution is 2.46. The van der Waals surface area contributed by atoms with E-state index in [9.17, 15) is 4.79 Å². The van der Waals surface area contributed by atoms with Crippen LogP contribution in [-0.2, 0) is 6.54 Å². The third-order valence-electron chi connectivity index (χ3n) is 4.84. The van der Waals surface area contributed by atoms with Crippen molar-refractivity contribution in [1.82, 2.24) is 4.90 Å². The van der Waals surface area contributed by atoms with E-state index in [0.29, 0.717) is 12.3 Å². The molecule has 0 saturated carbocycles. The monoisotopic (exact) mass is 446 g/mol. The van der Waals surface area contributed by atoms with E-state index in [-0.39, 0.29) is 5.78 Å². The summed E-state index contributed by atoms with van der Waals surface area (Å²) in [6.07, 6.45) is 0.899. The summed E-state index contributed by atoms with van der Waals surface area (Å²) in [6.45, 7) is 2.30. The van der Waals surface area contributed by atoms with Crippen LogP contribution in [0.1, 0.15) is 33.5 Å². The lowest BCUT2D eigenvalue weighted by Crippen LogP contribution is -2.28. The fourth-order valence-electron chi connectivity index (χ4n) is 3.69. The number of hydrogen-bond donors (Lipinski definition) is 1. The largest absolute Gasteiger partial charge is 0.497 e. The highest BCUT2D eigenvalue weighted by molar-refractivity contribution is 14.1. The molecule has 2 aromatic carbocycles. The van der Waals surface area contributed by atoms with Crippen LogP contribution < -0.4 is 10.5 Å². The second-order valence-corrected chi connectivity index (χ2v) is 7.58. The zero-order valence-electron chi connectivity index (χ0n) is 14.0. The summed E-state index contributed by atoms with van der Waals surface area (Å²) < 4.78 is 6.50. The summed E-state index contributed by atoms with van der Waals surface area (Å²) in [4.78, 5) is 15.5. The highest BCUT2D eigenvalue weighted by Gasteiger charge is 2.37. The molecule has 25 heavy (non-hydrogen) atoms. The molecule has 0 bridgehead atoms. The smallest absolute Gasteiger partial charge is 0.196 e. The Morgan fingerprint density at radius 3 is 2.72 bits per heavy atom. The number of nitrogens with zero attached hydrogens (tertiary/aromatic N) is 1. The zero-order valence-corrected chi connectivity index (χ0v) is 16.2. The van der Waals surface area contributed by atoms with Crippen molar-refractivity contribution >= 4 is 39.6 Å². The Balaban J connectivity index is 1.90. The topological polar surface area (TPSA) is 55.6 Å². The predicted molar refractivity (Wildman–Crippen MR) is 107 cm³/mol. The van der Waals surface area contributed by atoms with E-state index in [2.05, 4.69) is 45.7 Å². The van der Waals surface area contributed by atoms with Crippen LogP contribution in [0.15, 0.2) is 36.4 Å². The Kier molecular flexibility index (Phi) is 4.29. The first-order chi connectivity index (χ1) is 12.1. The number of carbonyl (C=O) groups is 1. The number of Topliss-reactive ketones (excluding diaryl/α,β-unsaturated/α-hetero) is 1. The third kappa shape index (κ3) is 2.66. The van der Waals surface area contributed by atoms with Crippen LogP contribution in [0.4, 0.5) is 0 Å². The number of allylic oxidation sites excluding steroid dienone is 1. The Morgan fingerprint density at radius 2 is 1.96 bits per heavy atom. The fraction of sp³-hybridized carbons (Fsp3) is 0.250. The molecule has 128 valence electrons. The van der Waals surface area contributed by atoms with Crippen molar-refractivity contribution in [3.05, 3.63) is 62.2 Å². The molecule has 2 aliphatic rings. The SMILES string of the molecule is COc1ccc2c(c1)C(=O)C1=C2N(CCCN)Cc2cc(I)ccc21. The number of ether oxygens (including phenoxy) is 1. The van der Waals surface area contributed by atoms with E-state index in [1.807, 2.05) is 18.2 Å². The standard InChI is InChI=1S/C20H19IN2O2/c1-25-14-4-6-16-17(10-14)20(24)18-15-5-3-13(21)9-12(15)11-23(19(16)18)8-2-7-22/h3-6,9-10H,2,7-8,11,22H2,1H3. The minimum atomic E-state index is 0.0869. The molecule has 0 spiro atoms. The summed E-state index contributed by atoms with van der Waals surface area (Å²) in [6, 6.07) is 12.1. The van der Waals surface area contributed by atoms with Crippen molar-refractivity contribution in [2.24, 2.45) is 5.73 Å². The van der Waals surface area contributed by atoms with E-state index in [4.69, 9.17) is 10.5 Å². The van der Waals surface area contributed by atoms with Gasteiger partial charge in [-0.2, -0.15) is 0 Å². The van der Waals surface area contributed by atoms with Gasteiger partial charge in [-0.25, -0.2) is 0 Å². The molecule has 0 radical (unpaired) electrons. The normalized spacial score (nSPS) is 15.2. The quantitative estimate of drug-likeness (QED) is 0.731. The minimum absolute atomic E-state index is 0.0869. The zero-order chi connectivity index (χ0) is 17.6. The van der Waals surface area contributed by atoms with Crippen LogP contribution in [0.5, 0.6) is 5.75 Å². The molecular weight excluding hydrogens is 427 g/mol. The maximum atomic E-state index is 13.2. The van der Waals surface area contributed by atoms with Gasteiger partial charge in [-0.1, -0.05) is 6.07 Å². The molecule has 1 aliphatic heterocycles. The molecule has 0 amide bonds. The van der Waals surface area contributed by atoms with Gasteiger partial charge < -0.3 is 15.4 Å². The molecule has 4 nitrogen and oxygen atoms in total. The molecular formula is C20H19IN2O2. The van der Waals surface area contributed by atoms with Gasteiger partial charge in [0.25, 0.3) is 0 Å². The number of nitrogens with two attached hydrogens (primary N) is 1. The fourth-order valence-corrected chi connectivity index (χ4v) is 4.25. The van der Waals surface area contributed by atoms with E-state index in [0.717, 1.165) is 47.5 Å². The summed E-state index contributed by atoms with van der Waals surface area (Å²) >= 11 is 2.32. The lowest BCUT2D eigenvalue weighted by Gasteiger charge is -2.32. The van der Waals surface area contributed by atoms with Crippen molar-refractivity contribution in [2.45, 2.75) is 13.0 Å². The van der Waals surface area contributed by atoms with Gasteiger partial charge >= 0.3 is 0 Å². The Labute approximate surface area is 160 Å². The molecule has 1 heterocycles. The van der Waals surface area contributed by atoms with Crippen LogP contribution in [0.25, 0.3) is 11.3 Å². The number of ketones is 1. The van der Waals surface area contributed by atoms with Gasteiger partial charge in [-0.15, -0.1) is 0 Å². The van der Waals surface area contributed by atoms with Crippen LogP contribution in [-0.4, -0.2) is 30.9 Å². The Hall–Kier alpha value is -1.86. The number of fused-ring (bicyclic) bond motifs is 4. The van der Waals surface area contributed by atoms with E-state index in [1.54, 1.807) is 7.11 Å². The van der Waals surface area contributed by atoms with Gasteiger partial charge in [-0.05, 0) is 77.0 Å². The molecule has 0 unspecified atom stereocenters. The third-order valence-corrected chi connectivity index (χ3v) is 5.51. The van der Waals surface area contributed by atoms with Crippen molar-refractivity contribution in [1.29, 1.82) is 0 Å². The van der Waals surface area contributed by atoms with Gasteiger partial charge in [0.15, 0.2) is 5.78 Å². The molecule has 0 fully saturated rings. The molecule has 1 aliphatic carbocycles. The number of halogens is 1. The van der Waals surface area contributed by atoms with Gasteiger partial charge in [0.05, 0.1) is 18.4 Å². The first-order valence-corrected chi connectivity index (χ1v) is 9.43. The molecule has 5 heteroatoms. The number of hydrogen-bond acceptors (Lipinski definition) is 4. The lowest BCUT2D eigenvalue weighted by molar-refractivity contribution is 0.105. The Morgan fingerprint density at radius 1 is 1.16 bits per heavy atom. The summed E-state index contributed by atoms with van der Waals surface area (Å²) in [7, 11) is 1.62. The van der Waals surface area contributed by atoms with Crippen molar-refractivity contribution in [2.75, 3.05) is 20.2 Å². The first-order valence-electron chi connectivity index (χ1n) is 8.35. The van der Waals surface area contributed by atoms with Crippen LogP contribution in [0.3, 0.4) is 0 Å². The second-order valence-electron chi connectivity index (χ2n) is 6.33. The second kappa shape index (κ2) is 6.46. The summed E-state index contributed by atoms with van der Waals surface area (Å²) in [5.41, 5.74) is 11.6. The molecule has 0 atom stereocenters.